The number of aromatic nitrogens is 2. The molecule has 1 heterocycles. The number of hydrogen-bond acceptors (Lipinski definition) is 5. The third kappa shape index (κ3) is 5.08. The molecule has 7 heteroatoms. The lowest BCUT2D eigenvalue weighted by molar-refractivity contribution is -0.384. The third-order valence-corrected chi connectivity index (χ3v) is 5.03. The summed E-state index contributed by atoms with van der Waals surface area (Å²) >= 11 is 0. The van der Waals surface area contributed by atoms with E-state index in [2.05, 4.69) is 11.2 Å². The van der Waals surface area contributed by atoms with Gasteiger partial charge in [0.15, 0.2) is 0 Å². The average Bonchev–Trinajstić information content (AvgIpc) is 3.26. The van der Waals surface area contributed by atoms with E-state index >= 15 is 0 Å². The summed E-state index contributed by atoms with van der Waals surface area (Å²) in [4.78, 5) is 11.3. The molecular formula is C26H22N4O3. The molecule has 4 rings (SSSR count). The number of ether oxygens (including phenoxy) is 1. The van der Waals surface area contributed by atoms with Crippen LogP contribution in [0.15, 0.2) is 79.0 Å². The molecule has 0 aliphatic rings. The monoisotopic (exact) mass is 438 g/mol. The Hall–Kier alpha value is -4.44. The molecule has 1 aromatic heterocycles. The van der Waals surface area contributed by atoms with E-state index < -0.39 is 4.92 Å². The lowest BCUT2D eigenvalue weighted by Crippen LogP contribution is -2.07. The molecule has 164 valence electrons. The molecule has 0 atom stereocenters. The summed E-state index contributed by atoms with van der Waals surface area (Å²) in [6.07, 6.45) is 1.76. The second kappa shape index (κ2) is 9.37. The van der Waals surface area contributed by atoms with Crippen molar-refractivity contribution >= 4 is 5.69 Å². The van der Waals surface area contributed by atoms with Gasteiger partial charge in [0.1, 0.15) is 5.75 Å². The molecule has 7 nitrogen and oxygen atoms in total. The predicted octanol–water partition coefficient (Wildman–Crippen LogP) is 5.83. The fourth-order valence-corrected chi connectivity index (χ4v) is 3.65. The quantitative estimate of drug-likeness (QED) is 0.267. The second-order valence-corrected chi connectivity index (χ2v) is 7.90. The van der Waals surface area contributed by atoms with Crippen molar-refractivity contribution in [3.05, 3.63) is 100 Å². The van der Waals surface area contributed by atoms with Crippen LogP contribution in [0.5, 0.6) is 5.75 Å². The van der Waals surface area contributed by atoms with Gasteiger partial charge in [-0.1, -0.05) is 30.3 Å². The van der Waals surface area contributed by atoms with Crippen molar-refractivity contribution in [1.82, 2.24) is 9.78 Å². The van der Waals surface area contributed by atoms with E-state index in [1.54, 1.807) is 41.2 Å². The highest BCUT2D eigenvalue weighted by Crippen LogP contribution is 2.33. The molecule has 0 aliphatic heterocycles. The lowest BCUT2D eigenvalue weighted by Gasteiger charge is -2.12. The van der Waals surface area contributed by atoms with E-state index in [4.69, 9.17) is 4.74 Å². The van der Waals surface area contributed by atoms with Crippen LogP contribution in [0, 0.1) is 21.4 Å². The predicted molar refractivity (Wildman–Crippen MR) is 126 cm³/mol. The van der Waals surface area contributed by atoms with Gasteiger partial charge in [-0.3, -0.25) is 14.8 Å². The lowest BCUT2D eigenvalue weighted by atomic mass is 10.0. The minimum atomic E-state index is -0.394. The van der Waals surface area contributed by atoms with Gasteiger partial charge < -0.3 is 4.74 Å². The van der Waals surface area contributed by atoms with Crippen molar-refractivity contribution in [2.45, 2.75) is 26.5 Å². The van der Waals surface area contributed by atoms with Crippen molar-refractivity contribution < 1.29 is 9.66 Å². The topological polar surface area (TPSA) is 94.0 Å². The molecule has 33 heavy (non-hydrogen) atoms. The molecule has 0 saturated carbocycles. The molecule has 0 saturated heterocycles. The van der Waals surface area contributed by atoms with Gasteiger partial charge in [-0.05, 0) is 66.9 Å². The Bertz CT molecular complexity index is 1340. The van der Waals surface area contributed by atoms with Crippen LogP contribution in [0.25, 0.3) is 22.4 Å². The van der Waals surface area contributed by atoms with E-state index in [-0.39, 0.29) is 11.8 Å². The summed E-state index contributed by atoms with van der Waals surface area (Å²) in [6.45, 7) is 4.25. The van der Waals surface area contributed by atoms with Gasteiger partial charge in [0.05, 0.1) is 40.5 Å². The Morgan fingerprint density at radius 1 is 1.06 bits per heavy atom. The zero-order chi connectivity index (χ0) is 23.4. The first-order valence-electron chi connectivity index (χ1n) is 10.5. The van der Waals surface area contributed by atoms with Gasteiger partial charge in [-0.15, -0.1) is 0 Å². The van der Waals surface area contributed by atoms with Gasteiger partial charge in [0.2, 0.25) is 0 Å². The Morgan fingerprint density at radius 2 is 1.85 bits per heavy atom. The van der Waals surface area contributed by atoms with Crippen molar-refractivity contribution in [1.29, 1.82) is 5.26 Å². The highest BCUT2D eigenvalue weighted by Gasteiger charge is 2.19. The molecule has 0 fully saturated rings. The van der Waals surface area contributed by atoms with Crippen LogP contribution in [0.2, 0.25) is 0 Å². The first kappa shape index (κ1) is 21.8. The smallest absolute Gasteiger partial charge is 0.278 e. The third-order valence-electron chi connectivity index (χ3n) is 5.03. The van der Waals surface area contributed by atoms with Crippen LogP contribution in [-0.4, -0.2) is 20.8 Å². The summed E-state index contributed by atoms with van der Waals surface area (Å²) in [6, 6.07) is 24.0. The van der Waals surface area contributed by atoms with Gasteiger partial charge in [0.25, 0.3) is 5.69 Å². The van der Waals surface area contributed by atoms with E-state index in [0.717, 1.165) is 16.7 Å². The summed E-state index contributed by atoms with van der Waals surface area (Å²) < 4.78 is 7.45. The molecule has 0 spiro atoms. The van der Waals surface area contributed by atoms with Crippen LogP contribution < -0.4 is 4.74 Å². The minimum absolute atomic E-state index is 0.000899. The van der Waals surface area contributed by atoms with Crippen molar-refractivity contribution in [3.8, 4) is 34.2 Å². The largest absolute Gasteiger partial charge is 0.491 e. The normalized spacial score (nSPS) is 10.7. The molecule has 4 aromatic rings. The van der Waals surface area contributed by atoms with Crippen molar-refractivity contribution in [2.24, 2.45) is 0 Å². The number of hydrogen-bond donors (Lipinski definition) is 0. The van der Waals surface area contributed by atoms with E-state index in [9.17, 15) is 15.4 Å². The Labute approximate surface area is 191 Å². The summed E-state index contributed by atoms with van der Waals surface area (Å²) in [7, 11) is 0. The Morgan fingerprint density at radius 3 is 2.55 bits per heavy atom. The molecule has 0 radical (unpaired) electrons. The number of nitro groups is 1. The standard InChI is InChI=1S/C26H22N4O3/c1-18(2)33-23-13-19(16-27)12-20(14-23)17-29-11-10-25(28-29)24-15-22(8-9-26(24)30(31)32)21-6-4-3-5-7-21/h3-15,18H,17H2,1-2H3. The Balaban J connectivity index is 1.68. The van der Waals surface area contributed by atoms with Gasteiger partial charge in [0, 0.05) is 12.3 Å². The van der Waals surface area contributed by atoms with E-state index in [0.29, 0.717) is 29.1 Å². The summed E-state index contributed by atoms with van der Waals surface area (Å²) in [5.74, 6) is 0.623. The summed E-state index contributed by atoms with van der Waals surface area (Å²) in [5.41, 5.74) is 4.17. The van der Waals surface area contributed by atoms with Crippen molar-refractivity contribution in [3.63, 3.8) is 0 Å². The first-order valence-corrected chi connectivity index (χ1v) is 10.5. The molecule has 3 aromatic carbocycles. The molecule has 0 bridgehead atoms. The fourth-order valence-electron chi connectivity index (χ4n) is 3.65. The average molecular weight is 438 g/mol. The Kier molecular flexibility index (Phi) is 6.18. The summed E-state index contributed by atoms with van der Waals surface area (Å²) in [5, 5.41) is 25.6. The second-order valence-electron chi connectivity index (χ2n) is 7.90. The number of benzene rings is 3. The van der Waals surface area contributed by atoms with Gasteiger partial charge >= 0.3 is 0 Å². The molecular weight excluding hydrogens is 416 g/mol. The maximum Gasteiger partial charge on any atom is 0.278 e. The molecule has 0 N–H and O–H groups in total. The SMILES string of the molecule is CC(C)Oc1cc(C#N)cc(Cn2ccc(-c3cc(-c4ccccc4)ccc3[N+](=O)[O-])n2)c1. The van der Waals surface area contributed by atoms with Crippen molar-refractivity contribution in [2.75, 3.05) is 0 Å². The van der Waals surface area contributed by atoms with Crippen LogP contribution in [0.1, 0.15) is 25.0 Å². The maximum atomic E-state index is 11.7. The number of nitro benzene ring substituents is 1. The van der Waals surface area contributed by atoms with Crippen LogP contribution in [-0.2, 0) is 6.54 Å². The number of nitrogens with zero attached hydrogens (tertiary/aromatic N) is 4. The van der Waals surface area contributed by atoms with E-state index in [1.807, 2.05) is 50.2 Å². The van der Waals surface area contributed by atoms with Gasteiger partial charge in [-0.25, -0.2) is 0 Å². The van der Waals surface area contributed by atoms with Gasteiger partial charge in [-0.2, -0.15) is 10.4 Å². The molecule has 0 aliphatic carbocycles. The highest BCUT2D eigenvalue weighted by molar-refractivity contribution is 5.78. The molecule has 0 unspecified atom stereocenters. The highest BCUT2D eigenvalue weighted by atomic mass is 16.6. The first-order chi connectivity index (χ1) is 15.9. The van der Waals surface area contributed by atoms with Crippen LogP contribution in [0.3, 0.4) is 0 Å². The zero-order valence-corrected chi connectivity index (χ0v) is 18.3. The number of rotatable bonds is 7. The zero-order valence-electron chi connectivity index (χ0n) is 18.3. The molecule has 0 amide bonds. The number of nitriles is 1. The maximum absolute atomic E-state index is 11.7. The van der Waals surface area contributed by atoms with Crippen LogP contribution in [0.4, 0.5) is 5.69 Å². The van der Waals surface area contributed by atoms with E-state index in [1.165, 1.54) is 6.07 Å². The fraction of sp³-hybridized carbons (Fsp3) is 0.154. The van der Waals surface area contributed by atoms with Crippen LogP contribution >= 0.6 is 0 Å². The minimum Gasteiger partial charge on any atom is -0.491 e.